The molecule has 116 valence electrons. The first-order valence-corrected chi connectivity index (χ1v) is 12.1. The summed E-state index contributed by atoms with van der Waals surface area (Å²) < 4.78 is 12.4. The lowest BCUT2D eigenvalue weighted by Crippen LogP contribution is -3.61. The Morgan fingerprint density at radius 3 is 1.87 bits per heavy atom. The van der Waals surface area contributed by atoms with Gasteiger partial charge in [-0.25, -0.2) is 0 Å². The minimum atomic E-state index is -0.121. The van der Waals surface area contributed by atoms with Crippen LogP contribution in [0.15, 0.2) is 66.7 Å². The van der Waals surface area contributed by atoms with Gasteiger partial charge < -0.3 is 4.74 Å². The molecule has 3 aromatic carbocycles. The smallest absolute Gasteiger partial charge is 0.357 e. The highest BCUT2D eigenvalue weighted by Gasteiger charge is 2.15. The van der Waals surface area contributed by atoms with E-state index in [9.17, 15) is 0 Å². The average molecular weight is 751 g/mol. The molecule has 0 aliphatic rings. The minimum Gasteiger partial charge on any atom is -0.455 e. The van der Waals surface area contributed by atoms with Gasteiger partial charge in [-0.3, -0.25) is 0 Å². The SMILES string of the molecule is Ic1cc(I)c(Oc2ccc([I+]c3ccccc3)cc2)c(I)c1. The number of hydrogen-bond acceptors (Lipinski definition) is 1. The van der Waals surface area contributed by atoms with Crippen molar-refractivity contribution in [2.24, 2.45) is 0 Å². The third kappa shape index (κ3) is 5.18. The van der Waals surface area contributed by atoms with Gasteiger partial charge >= 0.3 is 21.2 Å². The molecule has 0 fully saturated rings. The lowest BCUT2D eigenvalue weighted by Gasteiger charge is -2.10. The van der Waals surface area contributed by atoms with E-state index in [1.54, 1.807) is 0 Å². The first-order chi connectivity index (χ1) is 11.1. The number of benzene rings is 3. The average Bonchev–Trinajstić information content (AvgIpc) is 2.53. The van der Waals surface area contributed by atoms with Crippen LogP contribution in [0.4, 0.5) is 0 Å². The maximum Gasteiger partial charge on any atom is 0.357 e. The standard InChI is InChI=1S/C18H11I4O/c19-12-10-16(20)18(17(21)11-12)23-15-8-6-14(7-9-15)22-13-4-2-1-3-5-13/h1-11H/q+1. The molecular formula is C18H11I4O+. The van der Waals surface area contributed by atoms with Crippen LogP contribution in [-0.4, -0.2) is 0 Å². The van der Waals surface area contributed by atoms with Crippen molar-refractivity contribution in [3.8, 4) is 11.5 Å². The lowest BCUT2D eigenvalue weighted by molar-refractivity contribution is -0.597. The van der Waals surface area contributed by atoms with Gasteiger partial charge in [0.2, 0.25) is 0 Å². The molecule has 0 radical (unpaired) electrons. The second-order valence-corrected chi connectivity index (χ2v) is 11.2. The van der Waals surface area contributed by atoms with Gasteiger partial charge in [-0.15, -0.1) is 0 Å². The van der Waals surface area contributed by atoms with E-state index < -0.39 is 0 Å². The maximum absolute atomic E-state index is 6.09. The summed E-state index contributed by atoms with van der Waals surface area (Å²) in [7, 11) is 0. The summed E-state index contributed by atoms with van der Waals surface area (Å²) in [6.45, 7) is 0. The fourth-order valence-electron chi connectivity index (χ4n) is 1.91. The van der Waals surface area contributed by atoms with Gasteiger partial charge in [0, 0.05) is 3.57 Å². The Hall–Kier alpha value is 0.380. The van der Waals surface area contributed by atoms with Crippen molar-refractivity contribution in [2.75, 3.05) is 0 Å². The van der Waals surface area contributed by atoms with Crippen LogP contribution in [0.3, 0.4) is 0 Å². The van der Waals surface area contributed by atoms with Gasteiger partial charge in [-0.1, -0.05) is 18.2 Å². The Bertz CT molecular complexity index is 778. The molecular weight excluding hydrogens is 740 g/mol. The third-order valence-electron chi connectivity index (χ3n) is 2.95. The van der Waals surface area contributed by atoms with Crippen molar-refractivity contribution in [2.45, 2.75) is 0 Å². The summed E-state index contributed by atoms with van der Waals surface area (Å²) in [5.41, 5.74) is 0. The molecule has 0 aliphatic carbocycles. The van der Waals surface area contributed by atoms with Gasteiger partial charge in [0.05, 0.1) is 7.14 Å². The predicted octanol–water partition coefficient (Wildman–Crippen LogP) is 3.42. The van der Waals surface area contributed by atoms with Crippen LogP contribution in [0.5, 0.6) is 11.5 Å². The third-order valence-corrected chi connectivity index (χ3v) is 7.86. The molecule has 0 saturated carbocycles. The van der Waals surface area contributed by atoms with Crippen LogP contribution in [0, 0.1) is 17.9 Å². The quantitative estimate of drug-likeness (QED) is 0.372. The Balaban J connectivity index is 1.76. The first kappa shape index (κ1) is 18.2. The van der Waals surface area contributed by atoms with Gasteiger partial charge in [0.15, 0.2) is 12.9 Å². The van der Waals surface area contributed by atoms with E-state index in [1.807, 2.05) is 0 Å². The Kier molecular flexibility index (Phi) is 6.84. The van der Waals surface area contributed by atoms with Crippen LogP contribution in [0.1, 0.15) is 0 Å². The van der Waals surface area contributed by atoms with Gasteiger partial charge in [0.25, 0.3) is 0 Å². The fraction of sp³-hybridized carbons (Fsp3) is 0. The van der Waals surface area contributed by atoms with E-state index in [0.29, 0.717) is 0 Å². The van der Waals surface area contributed by atoms with E-state index in [-0.39, 0.29) is 21.2 Å². The molecule has 0 heterocycles. The second kappa shape index (κ2) is 8.65. The Morgan fingerprint density at radius 2 is 1.26 bits per heavy atom. The number of rotatable bonds is 4. The predicted molar refractivity (Wildman–Crippen MR) is 115 cm³/mol. The Morgan fingerprint density at radius 1 is 0.696 bits per heavy atom. The topological polar surface area (TPSA) is 9.23 Å². The highest BCUT2D eigenvalue weighted by molar-refractivity contribution is 14.1. The number of ether oxygens (including phenoxy) is 1. The number of hydrogen-bond donors (Lipinski definition) is 0. The fourth-order valence-corrected chi connectivity index (χ4v) is 7.93. The van der Waals surface area contributed by atoms with Crippen LogP contribution in [-0.2, 0) is 0 Å². The van der Waals surface area contributed by atoms with E-state index in [4.69, 9.17) is 4.74 Å². The first-order valence-electron chi connectivity index (χ1n) is 6.74. The molecule has 0 saturated heterocycles. The van der Waals surface area contributed by atoms with Crippen LogP contribution >= 0.6 is 67.8 Å². The Labute approximate surface area is 187 Å². The molecule has 0 aromatic heterocycles. The largest absolute Gasteiger partial charge is 0.455 e. The van der Waals surface area contributed by atoms with Crippen molar-refractivity contribution in [3.05, 3.63) is 84.6 Å². The second-order valence-electron chi connectivity index (χ2n) is 4.64. The molecule has 0 N–H and O–H groups in total. The van der Waals surface area contributed by atoms with Crippen molar-refractivity contribution in [1.82, 2.24) is 0 Å². The molecule has 5 heteroatoms. The number of halogens is 4. The van der Waals surface area contributed by atoms with Crippen LogP contribution in [0.25, 0.3) is 0 Å². The molecule has 0 bridgehead atoms. The van der Waals surface area contributed by atoms with E-state index in [1.165, 1.54) is 10.7 Å². The van der Waals surface area contributed by atoms with E-state index >= 15 is 0 Å². The normalized spacial score (nSPS) is 10.6. The van der Waals surface area contributed by atoms with Crippen LogP contribution < -0.4 is 25.9 Å². The summed E-state index contributed by atoms with van der Waals surface area (Å²) in [5, 5.41) is 0. The summed E-state index contributed by atoms with van der Waals surface area (Å²) in [5.74, 6) is 1.83. The molecule has 0 atom stereocenters. The zero-order chi connectivity index (χ0) is 16.2. The molecule has 0 unspecified atom stereocenters. The van der Waals surface area contributed by atoms with Gasteiger partial charge in [-0.2, -0.15) is 0 Å². The zero-order valence-corrected chi connectivity index (χ0v) is 20.4. The molecule has 1 nitrogen and oxygen atoms in total. The highest BCUT2D eigenvalue weighted by atomic mass is 127. The van der Waals surface area contributed by atoms with Crippen molar-refractivity contribution in [1.29, 1.82) is 0 Å². The minimum absolute atomic E-state index is 0.121. The zero-order valence-electron chi connectivity index (χ0n) is 11.8. The van der Waals surface area contributed by atoms with Gasteiger partial charge in [-0.05, 0) is 116 Å². The van der Waals surface area contributed by atoms with Gasteiger partial charge in [0.1, 0.15) is 5.75 Å². The lowest BCUT2D eigenvalue weighted by atomic mass is 10.3. The van der Waals surface area contributed by atoms with Crippen molar-refractivity contribution in [3.63, 3.8) is 0 Å². The van der Waals surface area contributed by atoms with E-state index in [0.717, 1.165) is 18.6 Å². The highest BCUT2D eigenvalue weighted by Crippen LogP contribution is 2.33. The molecule has 0 spiro atoms. The molecule has 0 aliphatic heterocycles. The van der Waals surface area contributed by atoms with E-state index in [2.05, 4.69) is 135 Å². The summed E-state index contributed by atoms with van der Waals surface area (Å²) in [4.78, 5) is 0. The summed E-state index contributed by atoms with van der Waals surface area (Å²) in [6.07, 6.45) is 0. The molecule has 23 heavy (non-hydrogen) atoms. The van der Waals surface area contributed by atoms with Crippen molar-refractivity contribution >= 4 is 67.8 Å². The van der Waals surface area contributed by atoms with Crippen molar-refractivity contribution < 1.29 is 25.9 Å². The monoisotopic (exact) mass is 751 g/mol. The molecule has 3 aromatic rings. The van der Waals surface area contributed by atoms with Crippen LogP contribution in [0.2, 0.25) is 0 Å². The summed E-state index contributed by atoms with van der Waals surface area (Å²) in [6, 6.07) is 23.5. The molecule has 3 rings (SSSR count). The maximum atomic E-state index is 6.09. The molecule has 0 amide bonds. The summed E-state index contributed by atoms with van der Waals surface area (Å²) >= 11 is 6.87.